The Morgan fingerprint density at radius 2 is 2.12 bits per heavy atom. The van der Waals surface area contributed by atoms with Crippen molar-refractivity contribution in [1.82, 2.24) is 5.43 Å². The second kappa shape index (κ2) is 3.80. The van der Waals surface area contributed by atoms with E-state index in [1.165, 1.54) is 0 Å². The number of ether oxygens (including phenoxy) is 1. The maximum atomic E-state index is 11.6. The summed E-state index contributed by atoms with van der Waals surface area (Å²) in [5, 5.41) is 1.81. The van der Waals surface area contributed by atoms with Crippen LogP contribution in [0.3, 0.4) is 0 Å². The number of amides is 1. The number of carbonyl (C=O) groups is 1. The smallest absolute Gasteiger partial charge is 0.267 e. The number of nitrogens with one attached hydrogen (secondary N) is 1. The number of rotatable bonds is 2. The van der Waals surface area contributed by atoms with E-state index in [1.54, 1.807) is 12.1 Å². The lowest BCUT2D eigenvalue weighted by Gasteiger charge is -2.32. The van der Waals surface area contributed by atoms with Gasteiger partial charge in [0, 0.05) is 11.6 Å². The van der Waals surface area contributed by atoms with Crippen LogP contribution in [0.5, 0.6) is 5.75 Å². The van der Waals surface area contributed by atoms with E-state index >= 15 is 0 Å². The zero-order chi connectivity index (χ0) is 12.6. The summed E-state index contributed by atoms with van der Waals surface area (Å²) in [4.78, 5) is 11.6. The summed E-state index contributed by atoms with van der Waals surface area (Å²) < 4.78 is 5.17. The van der Waals surface area contributed by atoms with Crippen molar-refractivity contribution >= 4 is 11.6 Å². The van der Waals surface area contributed by atoms with Gasteiger partial charge in [-0.05, 0) is 26.0 Å². The highest BCUT2D eigenvalue weighted by molar-refractivity contribution is 6.00. The van der Waals surface area contributed by atoms with Gasteiger partial charge in [-0.2, -0.15) is 0 Å². The number of carbonyl (C=O) groups excluding carboxylic acids is 1. The van der Waals surface area contributed by atoms with Crippen molar-refractivity contribution in [3.05, 3.63) is 36.4 Å². The Hall–Kier alpha value is -1.97. The van der Waals surface area contributed by atoms with Crippen molar-refractivity contribution in [3.8, 4) is 5.75 Å². The molecule has 1 heterocycles. The second-order valence-corrected chi connectivity index (χ2v) is 4.52. The molecule has 4 nitrogen and oxygen atoms in total. The van der Waals surface area contributed by atoms with Crippen molar-refractivity contribution in [2.75, 3.05) is 12.1 Å². The lowest BCUT2D eigenvalue weighted by atomic mass is 9.96. The molecule has 1 fully saturated rings. The molecule has 0 aromatic heterocycles. The molecule has 1 N–H and O–H groups in total. The van der Waals surface area contributed by atoms with Crippen LogP contribution in [-0.2, 0) is 4.79 Å². The van der Waals surface area contributed by atoms with Crippen LogP contribution in [-0.4, -0.2) is 18.6 Å². The fourth-order valence-electron chi connectivity index (χ4n) is 1.86. The monoisotopic (exact) mass is 232 g/mol. The Balaban J connectivity index is 2.40. The van der Waals surface area contributed by atoms with E-state index in [2.05, 4.69) is 12.0 Å². The highest BCUT2D eigenvalue weighted by Gasteiger charge is 2.41. The number of hydrazine groups is 1. The topological polar surface area (TPSA) is 41.6 Å². The van der Waals surface area contributed by atoms with E-state index in [1.807, 2.05) is 38.1 Å². The highest BCUT2D eigenvalue weighted by atomic mass is 16.5. The summed E-state index contributed by atoms with van der Waals surface area (Å²) >= 11 is 0. The zero-order valence-corrected chi connectivity index (χ0v) is 10.3. The molecule has 90 valence electrons. The largest absolute Gasteiger partial charge is 0.497 e. The number of hydrogen-bond acceptors (Lipinski definition) is 3. The molecule has 4 heteroatoms. The first-order valence-corrected chi connectivity index (χ1v) is 5.41. The van der Waals surface area contributed by atoms with Gasteiger partial charge in [0.15, 0.2) is 0 Å². The Morgan fingerprint density at radius 3 is 2.65 bits per heavy atom. The molecule has 0 aliphatic carbocycles. The van der Waals surface area contributed by atoms with Gasteiger partial charge in [0.2, 0.25) is 0 Å². The third kappa shape index (κ3) is 1.75. The minimum absolute atomic E-state index is 0.141. The van der Waals surface area contributed by atoms with Gasteiger partial charge >= 0.3 is 0 Å². The van der Waals surface area contributed by atoms with E-state index in [9.17, 15) is 4.79 Å². The molecule has 0 radical (unpaired) electrons. The van der Waals surface area contributed by atoms with Gasteiger partial charge in [-0.15, -0.1) is 0 Å². The van der Waals surface area contributed by atoms with Crippen LogP contribution >= 0.6 is 0 Å². The summed E-state index contributed by atoms with van der Waals surface area (Å²) in [7, 11) is 1.62. The Morgan fingerprint density at radius 1 is 1.41 bits per heavy atom. The van der Waals surface area contributed by atoms with Crippen molar-refractivity contribution < 1.29 is 9.53 Å². The van der Waals surface area contributed by atoms with Gasteiger partial charge in [-0.1, -0.05) is 12.6 Å². The lowest BCUT2D eigenvalue weighted by Crippen LogP contribution is -2.44. The van der Waals surface area contributed by atoms with Crippen LogP contribution in [0.25, 0.3) is 0 Å². The van der Waals surface area contributed by atoms with Crippen LogP contribution in [0.1, 0.15) is 13.8 Å². The van der Waals surface area contributed by atoms with Gasteiger partial charge in [-0.25, -0.2) is 0 Å². The maximum absolute atomic E-state index is 11.6. The Kier molecular flexibility index (Phi) is 2.58. The Labute approximate surface area is 101 Å². The molecule has 1 aromatic rings. The zero-order valence-electron chi connectivity index (χ0n) is 10.3. The van der Waals surface area contributed by atoms with Crippen molar-refractivity contribution in [3.63, 3.8) is 0 Å². The summed E-state index contributed by atoms with van der Waals surface area (Å²) in [5.74, 6) is 0.614. The number of nitrogens with zero attached hydrogens (tertiary/aromatic N) is 1. The Bertz CT molecular complexity index is 480. The third-order valence-corrected chi connectivity index (χ3v) is 3.10. The number of benzene rings is 1. The fourth-order valence-corrected chi connectivity index (χ4v) is 1.86. The third-order valence-electron chi connectivity index (χ3n) is 3.10. The molecule has 0 bridgehead atoms. The van der Waals surface area contributed by atoms with Gasteiger partial charge < -0.3 is 4.74 Å². The molecule has 1 amide bonds. The van der Waals surface area contributed by atoms with Crippen molar-refractivity contribution in [1.29, 1.82) is 0 Å². The molecular formula is C13H16N2O2. The molecular weight excluding hydrogens is 216 g/mol. The molecule has 0 spiro atoms. The molecule has 1 aliphatic heterocycles. The molecule has 0 atom stereocenters. The standard InChI is InChI=1S/C13H16N2O2/c1-9-12(16)14-15(13(9,2)3)10-6-5-7-11(8-10)17-4/h5-8H,1H2,2-4H3,(H,14,16). The van der Waals surface area contributed by atoms with E-state index in [0.29, 0.717) is 5.57 Å². The lowest BCUT2D eigenvalue weighted by molar-refractivity contribution is -0.116. The summed E-state index contributed by atoms with van der Waals surface area (Å²) in [6, 6.07) is 7.55. The highest BCUT2D eigenvalue weighted by Crippen LogP contribution is 2.33. The molecule has 17 heavy (non-hydrogen) atoms. The molecule has 1 aromatic carbocycles. The molecule has 0 saturated carbocycles. The van der Waals surface area contributed by atoms with E-state index in [-0.39, 0.29) is 5.91 Å². The first kappa shape index (κ1) is 11.5. The van der Waals surface area contributed by atoms with Crippen LogP contribution in [0.2, 0.25) is 0 Å². The van der Waals surface area contributed by atoms with E-state index in [4.69, 9.17) is 4.74 Å². The average molecular weight is 232 g/mol. The van der Waals surface area contributed by atoms with Gasteiger partial charge in [0.05, 0.1) is 18.3 Å². The number of methoxy groups -OCH3 is 1. The normalized spacial score (nSPS) is 18.2. The van der Waals surface area contributed by atoms with Crippen molar-refractivity contribution in [2.45, 2.75) is 19.4 Å². The average Bonchev–Trinajstić information content (AvgIpc) is 2.53. The number of hydrogen-bond donors (Lipinski definition) is 1. The second-order valence-electron chi connectivity index (χ2n) is 4.52. The van der Waals surface area contributed by atoms with Crippen LogP contribution in [0.4, 0.5) is 5.69 Å². The minimum Gasteiger partial charge on any atom is -0.497 e. The SMILES string of the molecule is C=C1C(=O)NN(c2cccc(OC)c2)C1(C)C. The first-order valence-electron chi connectivity index (χ1n) is 5.41. The quantitative estimate of drug-likeness (QED) is 0.792. The van der Waals surface area contributed by atoms with E-state index < -0.39 is 5.54 Å². The van der Waals surface area contributed by atoms with Crippen LogP contribution in [0, 0.1) is 0 Å². The van der Waals surface area contributed by atoms with Gasteiger partial charge in [0.1, 0.15) is 5.75 Å². The van der Waals surface area contributed by atoms with Crippen LogP contribution in [0.15, 0.2) is 36.4 Å². The van der Waals surface area contributed by atoms with Crippen molar-refractivity contribution in [2.24, 2.45) is 0 Å². The predicted octanol–water partition coefficient (Wildman–Crippen LogP) is 1.88. The maximum Gasteiger partial charge on any atom is 0.267 e. The fraction of sp³-hybridized carbons (Fsp3) is 0.308. The molecule has 2 rings (SSSR count). The number of anilines is 1. The van der Waals surface area contributed by atoms with Crippen LogP contribution < -0.4 is 15.2 Å². The molecule has 1 aliphatic rings. The van der Waals surface area contributed by atoms with Gasteiger partial charge in [-0.3, -0.25) is 15.2 Å². The molecule has 1 saturated heterocycles. The first-order chi connectivity index (χ1) is 7.96. The molecule has 0 unspecified atom stereocenters. The van der Waals surface area contributed by atoms with Gasteiger partial charge in [0.25, 0.3) is 5.91 Å². The summed E-state index contributed by atoms with van der Waals surface area (Å²) in [6.07, 6.45) is 0. The minimum atomic E-state index is -0.441. The predicted molar refractivity (Wildman–Crippen MR) is 66.8 cm³/mol. The summed E-state index contributed by atoms with van der Waals surface area (Å²) in [6.45, 7) is 7.72. The summed E-state index contributed by atoms with van der Waals surface area (Å²) in [5.41, 5.74) is 3.79. The van der Waals surface area contributed by atoms with E-state index in [0.717, 1.165) is 11.4 Å².